The third kappa shape index (κ3) is 2.29. The van der Waals surface area contributed by atoms with Gasteiger partial charge in [0.15, 0.2) is 5.78 Å². The van der Waals surface area contributed by atoms with Crippen molar-refractivity contribution in [1.82, 2.24) is 0 Å². The highest BCUT2D eigenvalue weighted by Gasteiger charge is 2.28. The summed E-state index contributed by atoms with van der Waals surface area (Å²) in [6.07, 6.45) is 1.43. The van der Waals surface area contributed by atoms with E-state index >= 15 is 0 Å². The van der Waals surface area contributed by atoms with Crippen LogP contribution in [0.25, 0.3) is 0 Å². The Balaban J connectivity index is 1.81. The van der Waals surface area contributed by atoms with E-state index in [-0.39, 0.29) is 5.78 Å². The Morgan fingerprint density at radius 1 is 1.05 bits per heavy atom. The van der Waals surface area contributed by atoms with Gasteiger partial charge in [0.1, 0.15) is 0 Å². The van der Waals surface area contributed by atoms with E-state index in [1.807, 2.05) is 12.1 Å². The minimum atomic E-state index is 0.0232. The number of halogens is 2. The first-order valence-electron chi connectivity index (χ1n) is 6.22. The molecule has 0 aromatic heterocycles. The second-order valence-electron chi connectivity index (χ2n) is 4.82. The standard InChI is InChI=1S/C16H12Cl2O/c17-13-6-3-7-14(18)16(13)15(19)9-11-8-10-4-1-2-5-12(10)11/h1-7,11H,8-9H2. The number of Topliss-reactive ketones (excluding diaryl/α,β-unsaturated/α-hetero) is 1. The number of hydrogen-bond donors (Lipinski definition) is 0. The lowest BCUT2D eigenvalue weighted by Gasteiger charge is -2.29. The molecular formula is C16H12Cl2O. The van der Waals surface area contributed by atoms with E-state index in [1.54, 1.807) is 18.2 Å². The monoisotopic (exact) mass is 290 g/mol. The third-order valence-electron chi connectivity index (χ3n) is 3.63. The quantitative estimate of drug-likeness (QED) is 0.735. The Bertz CT molecular complexity index is 629. The molecule has 2 aromatic carbocycles. The Kier molecular flexibility index (Phi) is 3.34. The average Bonchev–Trinajstić information content (AvgIpc) is 2.36. The van der Waals surface area contributed by atoms with E-state index < -0.39 is 0 Å². The molecule has 3 heteroatoms. The van der Waals surface area contributed by atoms with E-state index in [9.17, 15) is 4.79 Å². The molecule has 1 aliphatic rings. The van der Waals surface area contributed by atoms with Crippen molar-refractivity contribution in [3.05, 3.63) is 69.2 Å². The summed E-state index contributed by atoms with van der Waals surface area (Å²) in [5, 5.41) is 0.871. The summed E-state index contributed by atoms with van der Waals surface area (Å²) in [7, 11) is 0. The Labute approximate surface area is 122 Å². The fourth-order valence-corrected chi connectivity index (χ4v) is 3.24. The first-order chi connectivity index (χ1) is 9.16. The fourth-order valence-electron chi connectivity index (χ4n) is 2.63. The van der Waals surface area contributed by atoms with Gasteiger partial charge in [0.05, 0.1) is 15.6 Å². The van der Waals surface area contributed by atoms with Crippen LogP contribution in [-0.4, -0.2) is 5.78 Å². The van der Waals surface area contributed by atoms with Crippen molar-refractivity contribution in [2.24, 2.45) is 0 Å². The van der Waals surface area contributed by atoms with Crippen molar-refractivity contribution in [3.63, 3.8) is 0 Å². The normalized spacial score (nSPS) is 16.6. The molecule has 0 heterocycles. The second kappa shape index (κ2) is 4.99. The molecular weight excluding hydrogens is 279 g/mol. The van der Waals surface area contributed by atoms with Crippen LogP contribution in [0, 0.1) is 0 Å². The van der Waals surface area contributed by atoms with Gasteiger partial charge in [-0.1, -0.05) is 53.5 Å². The zero-order valence-corrected chi connectivity index (χ0v) is 11.7. The first-order valence-corrected chi connectivity index (χ1v) is 6.97. The topological polar surface area (TPSA) is 17.1 Å². The van der Waals surface area contributed by atoms with Gasteiger partial charge in [-0.3, -0.25) is 4.79 Å². The fraction of sp³-hybridized carbons (Fsp3) is 0.188. The molecule has 0 fully saturated rings. The summed E-state index contributed by atoms with van der Waals surface area (Å²) in [4.78, 5) is 12.3. The molecule has 1 nitrogen and oxygen atoms in total. The molecule has 0 N–H and O–H groups in total. The molecule has 3 rings (SSSR count). The molecule has 1 aliphatic carbocycles. The maximum absolute atomic E-state index is 12.3. The van der Waals surface area contributed by atoms with Crippen LogP contribution in [0.3, 0.4) is 0 Å². The van der Waals surface area contributed by atoms with E-state index in [0.29, 0.717) is 27.9 Å². The van der Waals surface area contributed by atoms with Crippen LogP contribution < -0.4 is 0 Å². The van der Waals surface area contributed by atoms with Gasteiger partial charge in [-0.2, -0.15) is 0 Å². The van der Waals surface area contributed by atoms with Gasteiger partial charge in [0, 0.05) is 6.42 Å². The second-order valence-corrected chi connectivity index (χ2v) is 5.64. The van der Waals surface area contributed by atoms with E-state index in [0.717, 1.165) is 6.42 Å². The van der Waals surface area contributed by atoms with Crippen molar-refractivity contribution < 1.29 is 4.79 Å². The van der Waals surface area contributed by atoms with Crippen LogP contribution in [0.4, 0.5) is 0 Å². The number of rotatable bonds is 3. The van der Waals surface area contributed by atoms with Crippen LogP contribution in [0.2, 0.25) is 10.0 Å². The van der Waals surface area contributed by atoms with Crippen molar-refractivity contribution in [2.75, 3.05) is 0 Å². The Morgan fingerprint density at radius 2 is 1.74 bits per heavy atom. The molecule has 0 aliphatic heterocycles. The van der Waals surface area contributed by atoms with Crippen molar-refractivity contribution in [2.45, 2.75) is 18.8 Å². The van der Waals surface area contributed by atoms with Gasteiger partial charge in [-0.15, -0.1) is 0 Å². The summed E-state index contributed by atoms with van der Waals surface area (Å²) >= 11 is 12.1. The lowest BCUT2D eigenvalue weighted by Crippen LogP contribution is -2.20. The summed E-state index contributed by atoms with van der Waals surface area (Å²) in [6.45, 7) is 0. The molecule has 0 bridgehead atoms. The highest BCUT2D eigenvalue weighted by Crippen LogP contribution is 2.39. The molecule has 1 atom stereocenters. The van der Waals surface area contributed by atoms with Crippen molar-refractivity contribution in [3.8, 4) is 0 Å². The van der Waals surface area contributed by atoms with Crippen LogP contribution in [-0.2, 0) is 6.42 Å². The highest BCUT2D eigenvalue weighted by atomic mass is 35.5. The smallest absolute Gasteiger partial charge is 0.166 e. The summed E-state index contributed by atoms with van der Waals surface area (Å²) < 4.78 is 0. The van der Waals surface area contributed by atoms with Crippen molar-refractivity contribution in [1.29, 1.82) is 0 Å². The number of carbonyl (C=O) groups excluding carboxylic acids is 1. The molecule has 2 aromatic rings. The number of ketones is 1. The van der Waals surface area contributed by atoms with E-state index in [1.165, 1.54) is 11.1 Å². The summed E-state index contributed by atoms with van der Waals surface area (Å²) in [6, 6.07) is 13.4. The van der Waals surface area contributed by atoms with Gasteiger partial charge < -0.3 is 0 Å². The van der Waals surface area contributed by atoms with E-state index in [2.05, 4.69) is 12.1 Å². The maximum Gasteiger partial charge on any atom is 0.166 e. The molecule has 0 spiro atoms. The number of benzene rings is 2. The lowest BCUT2D eigenvalue weighted by atomic mass is 9.74. The molecule has 0 saturated heterocycles. The number of fused-ring (bicyclic) bond motifs is 1. The molecule has 0 saturated carbocycles. The molecule has 0 radical (unpaired) electrons. The zero-order chi connectivity index (χ0) is 13.4. The zero-order valence-electron chi connectivity index (χ0n) is 10.2. The maximum atomic E-state index is 12.3. The van der Waals surface area contributed by atoms with Crippen LogP contribution in [0.5, 0.6) is 0 Å². The van der Waals surface area contributed by atoms with Gasteiger partial charge in [-0.25, -0.2) is 0 Å². The van der Waals surface area contributed by atoms with Crippen LogP contribution in [0.1, 0.15) is 33.8 Å². The number of carbonyl (C=O) groups is 1. The third-order valence-corrected chi connectivity index (χ3v) is 4.26. The predicted octanol–water partition coefficient (Wildman–Crippen LogP) is 4.91. The van der Waals surface area contributed by atoms with Gasteiger partial charge in [0.25, 0.3) is 0 Å². The predicted molar refractivity (Wildman–Crippen MR) is 78.3 cm³/mol. The van der Waals surface area contributed by atoms with Gasteiger partial charge in [-0.05, 0) is 35.6 Å². The van der Waals surface area contributed by atoms with Gasteiger partial charge in [0.2, 0.25) is 0 Å². The molecule has 19 heavy (non-hydrogen) atoms. The minimum absolute atomic E-state index is 0.0232. The van der Waals surface area contributed by atoms with Crippen molar-refractivity contribution >= 4 is 29.0 Å². The first kappa shape index (κ1) is 12.7. The molecule has 1 unspecified atom stereocenters. The Morgan fingerprint density at radius 3 is 2.42 bits per heavy atom. The minimum Gasteiger partial charge on any atom is -0.294 e. The SMILES string of the molecule is O=C(CC1Cc2ccccc21)c1c(Cl)cccc1Cl. The van der Waals surface area contributed by atoms with Crippen LogP contribution in [0.15, 0.2) is 42.5 Å². The average molecular weight is 291 g/mol. The summed E-state index contributed by atoms with van der Waals surface area (Å²) in [5.41, 5.74) is 3.07. The lowest BCUT2D eigenvalue weighted by molar-refractivity contribution is 0.0971. The molecule has 96 valence electrons. The highest BCUT2D eigenvalue weighted by molar-refractivity contribution is 6.39. The molecule has 0 amide bonds. The number of hydrogen-bond acceptors (Lipinski definition) is 1. The summed E-state index contributed by atoms with van der Waals surface area (Å²) in [5.74, 6) is 0.325. The largest absolute Gasteiger partial charge is 0.294 e. The van der Waals surface area contributed by atoms with E-state index in [4.69, 9.17) is 23.2 Å². The van der Waals surface area contributed by atoms with Gasteiger partial charge >= 0.3 is 0 Å². The van der Waals surface area contributed by atoms with Crippen LogP contribution >= 0.6 is 23.2 Å². The Hall–Kier alpha value is -1.31.